The summed E-state index contributed by atoms with van der Waals surface area (Å²) >= 11 is 7.77. The Morgan fingerprint density at radius 1 is 1.07 bits per heavy atom. The predicted octanol–water partition coefficient (Wildman–Crippen LogP) is 3.61. The highest BCUT2D eigenvalue weighted by molar-refractivity contribution is 7.99. The van der Waals surface area contributed by atoms with Gasteiger partial charge in [-0.25, -0.2) is 0 Å². The van der Waals surface area contributed by atoms with Crippen LogP contribution in [0, 0.1) is 0 Å². The minimum Gasteiger partial charge on any atom is -0.456 e. The number of piperazine rings is 1. The van der Waals surface area contributed by atoms with Crippen LogP contribution in [0.3, 0.4) is 0 Å². The molecule has 0 radical (unpaired) electrons. The number of carbonyl (C=O) groups is 1. The molecule has 148 valence electrons. The van der Waals surface area contributed by atoms with Gasteiger partial charge in [0.15, 0.2) is 0 Å². The Morgan fingerprint density at radius 3 is 2.54 bits per heavy atom. The van der Waals surface area contributed by atoms with Crippen LogP contribution in [0.25, 0.3) is 21.9 Å². The highest BCUT2D eigenvalue weighted by Crippen LogP contribution is 2.32. The van der Waals surface area contributed by atoms with Crippen molar-refractivity contribution in [1.82, 2.24) is 9.80 Å². The maximum Gasteiger partial charge on any atom is 0.232 e. The minimum atomic E-state index is 0.173. The number of carbonyl (C=O) groups excluding carboxylic acids is 1. The van der Waals surface area contributed by atoms with Crippen LogP contribution in [0.2, 0.25) is 5.02 Å². The van der Waals surface area contributed by atoms with E-state index in [1.807, 2.05) is 29.2 Å². The van der Waals surface area contributed by atoms with E-state index >= 15 is 0 Å². The molecule has 4 rings (SSSR count). The maximum atomic E-state index is 12.4. The number of hydrogen-bond acceptors (Lipinski definition) is 5. The summed E-state index contributed by atoms with van der Waals surface area (Å²) in [6.07, 6.45) is 0. The zero-order chi connectivity index (χ0) is 19.5. The first kappa shape index (κ1) is 19.6. The van der Waals surface area contributed by atoms with Crippen molar-refractivity contribution < 1.29 is 14.3 Å². The van der Waals surface area contributed by atoms with Crippen LogP contribution in [0.5, 0.6) is 0 Å². The zero-order valence-electron chi connectivity index (χ0n) is 15.6. The van der Waals surface area contributed by atoms with Crippen LogP contribution in [-0.2, 0) is 10.5 Å². The first-order valence-electron chi connectivity index (χ1n) is 9.43. The van der Waals surface area contributed by atoms with Gasteiger partial charge in [-0.15, -0.1) is 11.8 Å². The quantitative estimate of drug-likeness (QED) is 0.662. The summed E-state index contributed by atoms with van der Waals surface area (Å²) in [6, 6.07) is 11.8. The van der Waals surface area contributed by atoms with Gasteiger partial charge in [-0.2, -0.15) is 0 Å². The van der Waals surface area contributed by atoms with Crippen molar-refractivity contribution in [3.63, 3.8) is 0 Å². The highest BCUT2D eigenvalue weighted by Gasteiger charge is 2.20. The van der Waals surface area contributed by atoms with E-state index in [2.05, 4.69) is 17.0 Å². The van der Waals surface area contributed by atoms with E-state index in [1.165, 1.54) is 5.56 Å². The number of benzene rings is 2. The van der Waals surface area contributed by atoms with Crippen LogP contribution >= 0.6 is 23.4 Å². The van der Waals surface area contributed by atoms with Crippen molar-refractivity contribution in [3.8, 4) is 0 Å². The van der Waals surface area contributed by atoms with Crippen molar-refractivity contribution in [2.45, 2.75) is 5.75 Å². The molecule has 28 heavy (non-hydrogen) atoms. The zero-order valence-corrected chi connectivity index (χ0v) is 17.1. The third-order valence-corrected chi connectivity index (χ3v) is 6.35. The highest BCUT2D eigenvalue weighted by atomic mass is 35.5. The molecule has 3 aromatic rings. The van der Waals surface area contributed by atoms with Gasteiger partial charge in [0.1, 0.15) is 11.2 Å². The largest absolute Gasteiger partial charge is 0.456 e. The summed E-state index contributed by atoms with van der Waals surface area (Å²) in [5.74, 6) is 1.45. The molecule has 1 N–H and O–H groups in total. The molecule has 0 bridgehead atoms. The summed E-state index contributed by atoms with van der Waals surface area (Å²) in [4.78, 5) is 16.6. The van der Waals surface area contributed by atoms with Gasteiger partial charge in [0.25, 0.3) is 0 Å². The second-order valence-electron chi connectivity index (χ2n) is 7.01. The summed E-state index contributed by atoms with van der Waals surface area (Å²) in [5.41, 5.74) is 2.85. The number of halogens is 1. The van der Waals surface area contributed by atoms with Gasteiger partial charge in [0.05, 0.1) is 12.4 Å². The average molecular weight is 419 g/mol. The summed E-state index contributed by atoms with van der Waals surface area (Å²) in [7, 11) is 0. The molecule has 2 heterocycles. The van der Waals surface area contributed by atoms with E-state index in [0.29, 0.717) is 17.3 Å². The van der Waals surface area contributed by atoms with Crippen LogP contribution in [-0.4, -0.2) is 65.9 Å². The normalized spacial score (nSPS) is 15.6. The van der Waals surface area contributed by atoms with E-state index in [0.717, 1.165) is 53.9 Å². The number of aliphatic hydroxyl groups excluding tert-OH is 1. The number of hydrogen-bond donors (Lipinski definition) is 1. The molecule has 1 amide bonds. The number of rotatable bonds is 6. The van der Waals surface area contributed by atoms with Crippen LogP contribution in [0.4, 0.5) is 0 Å². The van der Waals surface area contributed by atoms with Gasteiger partial charge in [0, 0.05) is 54.3 Å². The molecule has 1 aromatic heterocycles. The number of nitrogens with zero attached hydrogens (tertiary/aromatic N) is 2. The van der Waals surface area contributed by atoms with Crippen molar-refractivity contribution >= 4 is 51.2 Å². The Kier molecular flexibility index (Phi) is 6.11. The number of thioether (sulfide) groups is 1. The van der Waals surface area contributed by atoms with Crippen molar-refractivity contribution in [3.05, 3.63) is 47.0 Å². The van der Waals surface area contributed by atoms with Gasteiger partial charge in [-0.05, 0) is 35.9 Å². The lowest BCUT2D eigenvalue weighted by Crippen LogP contribution is -2.49. The van der Waals surface area contributed by atoms with E-state index < -0.39 is 0 Å². The summed E-state index contributed by atoms with van der Waals surface area (Å²) in [5, 5.41) is 11.8. The summed E-state index contributed by atoms with van der Waals surface area (Å²) < 4.78 is 5.86. The molecular formula is C21H23ClN2O3S. The first-order chi connectivity index (χ1) is 13.6. The van der Waals surface area contributed by atoms with Crippen LogP contribution in [0.15, 0.2) is 40.8 Å². The first-order valence-corrected chi connectivity index (χ1v) is 11.0. The SMILES string of the molecule is O=C(CSCc1ccc2oc3ccc(Cl)cc3c2c1)N1CCN(CCO)CC1. The smallest absolute Gasteiger partial charge is 0.232 e. The van der Waals surface area contributed by atoms with E-state index in [-0.39, 0.29) is 12.5 Å². The van der Waals surface area contributed by atoms with Gasteiger partial charge in [-0.3, -0.25) is 9.69 Å². The standard InChI is InChI=1S/C21H23ClN2O3S/c22-16-2-4-20-18(12-16)17-11-15(1-3-19(17)27-20)13-28-14-21(26)24-7-5-23(6-8-24)9-10-25/h1-4,11-12,25H,5-10,13-14H2. The molecule has 0 aliphatic carbocycles. The second-order valence-corrected chi connectivity index (χ2v) is 8.43. The molecule has 1 aliphatic rings. The monoisotopic (exact) mass is 418 g/mol. The molecule has 5 nitrogen and oxygen atoms in total. The number of amides is 1. The van der Waals surface area contributed by atoms with Gasteiger partial charge < -0.3 is 14.4 Å². The fraction of sp³-hybridized carbons (Fsp3) is 0.381. The predicted molar refractivity (Wildman–Crippen MR) is 115 cm³/mol. The number of fused-ring (bicyclic) bond motifs is 3. The Bertz CT molecular complexity index is 982. The van der Waals surface area contributed by atoms with Crippen molar-refractivity contribution in [2.75, 3.05) is 45.1 Å². The van der Waals surface area contributed by atoms with E-state index in [9.17, 15) is 4.79 Å². The molecule has 1 aliphatic heterocycles. The number of furan rings is 1. The van der Waals surface area contributed by atoms with E-state index in [1.54, 1.807) is 11.8 Å². The molecular weight excluding hydrogens is 396 g/mol. The number of β-amino-alcohol motifs (C(OH)–C–C–N with tert-alkyl or cyclic N) is 1. The van der Waals surface area contributed by atoms with Crippen LogP contribution in [0.1, 0.15) is 5.56 Å². The molecule has 7 heteroatoms. The lowest BCUT2D eigenvalue weighted by Gasteiger charge is -2.34. The van der Waals surface area contributed by atoms with Crippen molar-refractivity contribution in [2.24, 2.45) is 0 Å². The molecule has 2 aromatic carbocycles. The molecule has 1 saturated heterocycles. The van der Waals surface area contributed by atoms with Gasteiger partial charge in [0.2, 0.25) is 5.91 Å². The third kappa shape index (κ3) is 4.30. The Labute approximate surface area is 173 Å². The lowest BCUT2D eigenvalue weighted by atomic mass is 10.1. The topological polar surface area (TPSA) is 56.9 Å². The van der Waals surface area contributed by atoms with Gasteiger partial charge >= 0.3 is 0 Å². The Balaban J connectivity index is 1.35. The molecule has 0 saturated carbocycles. The molecule has 0 spiro atoms. The molecule has 1 fully saturated rings. The summed E-state index contributed by atoms with van der Waals surface area (Å²) in [6.45, 7) is 4.02. The Hall–Kier alpha value is -1.73. The minimum absolute atomic E-state index is 0.173. The Morgan fingerprint density at radius 2 is 1.79 bits per heavy atom. The second kappa shape index (κ2) is 8.74. The number of aliphatic hydroxyl groups is 1. The van der Waals surface area contributed by atoms with Crippen molar-refractivity contribution in [1.29, 1.82) is 0 Å². The fourth-order valence-corrected chi connectivity index (χ4v) is 4.64. The lowest BCUT2D eigenvalue weighted by molar-refractivity contribution is -0.130. The third-order valence-electron chi connectivity index (χ3n) is 5.13. The van der Waals surface area contributed by atoms with E-state index in [4.69, 9.17) is 21.1 Å². The van der Waals surface area contributed by atoms with Crippen LogP contribution < -0.4 is 0 Å². The molecule has 0 atom stereocenters. The fourth-order valence-electron chi connectivity index (χ4n) is 3.60. The maximum absolute atomic E-state index is 12.4. The van der Waals surface area contributed by atoms with Gasteiger partial charge in [-0.1, -0.05) is 17.7 Å². The molecule has 0 unspecified atom stereocenters. The average Bonchev–Trinajstić information content (AvgIpc) is 3.06.